The zero-order valence-corrected chi connectivity index (χ0v) is 14.4. The van der Waals surface area contributed by atoms with Crippen molar-refractivity contribution < 1.29 is 0 Å². The molecule has 0 aliphatic heterocycles. The molecule has 0 atom stereocenters. The highest BCUT2D eigenvalue weighted by Gasteiger charge is 2.16. The predicted molar refractivity (Wildman–Crippen MR) is 103 cm³/mol. The Bertz CT molecular complexity index is 704. The van der Waals surface area contributed by atoms with Crippen molar-refractivity contribution >= 4 is 29.7 Å². The second-order valence-corrected chi connectivity index (χ2v) is 7.23. The van der Waals surface area contributed by atoms with Gasteiger partial charge in [0.2, 0.25) is 0 Å². The van der Waals surface area contributed by atoms with Crippen LogP contribution in [0.3, 0.4) is 0 Å². The highest BCUT2D eigenvalue weighted by Crippen LogP contribution is 2.35. The summed E-state index contributed by atoms with van der Waals surface area (Å²) >= 11 is 4.66. The molecule has 0 aromatic heterocycles. The largest absolute Gasteiger partial charge is 0.311 e. The minimum absolute atomic E-state index is 0.136. The van der Waals surface area contributed by atoms with E-state index in [-0.39, 0.29) is 4.75 Å². The van der Waals surface area contributed by atoms with Gasteiger partial charge >= 0.3 is 0 Å². The van der Waals surface area contributed by atoms with Crippen LogP contribution < -0.4 is 4.90 Å². The zero-order valence-electron chi connectivity index (χ0n) is 13.5. The molecule has 2 heteroatoms. The van der Waals surface area contributed by atoms with Crippen molar-refractivity contribution in [3.8, 4) is 0 Å². The first-order valence-electron chi connectivity index (χ1n) is 7.79. The molecule has 0 radical (unpaired) electrons. The fourth-order valence-corrected chi connectivity index (χ4v) is 2.77. The standard InChI is InChI=1S/C21H21NS/c1-21(2,23)17-13-15-20(16-14-17)22(18-9-5-3-6-10-18)19-11-7-4-8-12-19/h3-16,23H,1-2H3. The lowest BCUT2D eigenvalue weighted by molar-refractivity contribution is 0.791. The summed E-state index contributed by atoms with van der Waals surface area (Å²) in [7, 11) is 0. The van der Waals surface area contributed by atoms with Crippen molar-refractivity contribution in [3.05, 3.63) is 90.5 Å². The number of hydrogen-bond acceptors (Lipinski definition) is 2. The molecule has 3 rings (SSSR count). The van der Waals surface area contributed by atoms with Crippen LogP contribution in [0.4, 0.5) is 17.1 Å². The van der Waals surface area contributed by atoms with Crippen molar-refractivity contribution in [1.82, 2.24) is 0 Å². The number of rotatable bonds is 4. The first-order chi connectivity index (χ1) is 11.1. The van der Waals surface area contributed by atoms with E-state index in [1.807, 2.05) is 12.1 Å². The lowest BCUT2D eigenvalue weighted by Gasteiger charge is -2.26. The number of hydrogen-bond donors (Lipinski definition) is 1. The number of anilines is 3. The summed E-state index contributed by atoms with van der Waals surface area (Å²) in [6, 6.07) is 29.5. The number of benzene rings is 3. The summed E-state index contributed by atoms with van der Waals surface area (Å²) in [6.45, 7) is 4.22. The van der Waals surface area contributed by atoms with Gasteiger partial charge in [-0.25, -0.2) is 0 Å². The van der Waals surface area contributed by atoms with Crippen LogP contribution in [-0.2, 0) is 4.75 Å². The van der Waals surface area contributed by atoms with E-state index in [0.717, 1.165) is 17.1 Å². The van der Waals surface area contributed by atoms with Gasteiger partial charge in [0.25, 0.3) is 0 Å². The molecule has 0 amide bonds. The number of nitrogens with zero attached hydrogens (tertiary/aromatic N) is 1. The fraction of sp³-hybridized carbons (Fsp3) is 0.143. The van der Waals surface area contributed by atoms with Crippen molar-refractivity contribution in [3.63, 3.8) is 0 Å². The molecule has 0 fully saturated rings. The summed E-state index contributed by atoms with van der Waals surface area (Å²) in [6.07, 6.45) is 0. The van der Waals surface area contributed by atoms with Crippen LogP contribution >= 0.6 is 12.6 Å². The van der Waals surface area contributed by atoms with Crippen molar-refractivity contribution in [2.45, 2.75) is 18.6 Å². The maximum Gasteiger partial charge on any atom is 0.0461 e. The topological polar surface area (TPSA) is 3.24 Å². The molecule has 23 heavy (non-hydrogen) atoms. The molecular weight excluding hydrogens is 298 g/mol. The second-order valence-electron chi connectivity index (χ2n) is 6.11. The molecule has 1 nitrogen and oxygen atoms in total. The van der Waals surface area contributed by atoms with Gasteiger partial charge in [-0.1, -0.05) is 48.5 Å². The monoisotopic (exact) mass is 319 g/mol. The van der Waals surface area contributed by atoms with Crippen LogP contribution in [0.15, 0.2) is 84.9 Å². The zero-order chi connectivity index (χ0) is 16.3. The predicted octanol–water partition coefficient (Wildman–Crippen LogP) is 6.32. The molecule has 0 heterocycles. The summed E-state index contributed by atoms with van der Waals surface area (Å²) in [5.74, 6) is 0. The molecule has 0 aliphatic rings. The van der Waals surface area contributed by atoms with Crippen LogP contribution in [0.2, 0.25) is 0 Å². The van der Waals surface area contributed by atoms with Crippen molar-refractivity contribution in [2.24, 2.45) is 0 Å². The molecular formula is C21H21NS. The van der Waals surface area contributed by atoms with E-state index >= 15 is 0 Å². The molecule has 0 spiro atoms. The Morgan fingerprint density at radius 1 is 0.609 bits per heavy atom. The summed E-state index contributed by atoms with van der Waals surface area (Å²) < 4.78 is -0.136. The third kappa shape index (κ3) is 3.59. The van der Waals surface area contributed by atoms with Gasteiger partial charge in [-0.05, 0) is 55.8 Å². The highest BCUT2D eigenvalue weighted by molar-refractivity contribution is 7.81. The van der Waals surface area contributed by atoms with Crippen molar-refractivity contribution in [2.75, 3.05) is 4.90 Å². The summed E-state index contributed by atoms with van der Waals surface area (Å²) in [4.78, 5) is 2.26. The smallest absolute Gasteiger partial charge is 0.0461 e. The minimum atomic E-state index is -0.136. The number of para-hydroxylation sites is 2. The van der Waals surface area contributed by atoms with Crippen LogP contribution in [0.25, 0.3) is 0 Å². The molecule has 0 saturated heterocycles. The molecule has 0 saturated carbocycles. The molecule has 0 unspecified atom stereocenters. The Labute approximate surface area is 144 Å². The summed E-state index contributed by atoms with van der Waals surface area (Å²) in [5, 5.41) is 0. The van der Waals surface area contributed by atoms with E-state index in [1.165, 1.54) is 5.56 Å². The van der Waals surface area contributed by atoms with E-state index in [0.29, 0.717) is 0 Å². The first-order valence-corrected chi connectivity index (χ1v) is 8.23. The third-order valence-corrected chi connectivity index (χ3v) is 4.12. The average molecular weight is 319 g/mol. The molecule has 0 bridgehead atoms. The normalized spacial score (nSPS) is 11.3. The lowest BCUT2D eigenvalue weighted by Crippen LogP contribution is -2.11. The Morgan fingerprint density at radius 3 is 1.39 bits per heavy atom. The number of thiol groups is 1. The van der Waals surface area contributed by atoms with Gasteiger partial charge in [0.1, 0.15) is 0 Å². The summed E-state index contributed by atoms with van der Waals surface area (Å²) in [5.41, 5.74) is 4.66. The van der Waals surface area contributed by atoms with Crippen molar-refractivity contribution in [1.29, 1.82) is 0 Å². The van der Waals surface area contributed by atoms with Crippen LogP contribution in [0.5, 0.6) is 0 Å². The minimum Gasteiger partial charge on any atom is -0.311 e. The van der Waals surface area contributed by atoms with Gasteiger partial charge in [0.15, 0.2) is 0 Å². The SMILES string of the molecule is CC(C)(S)c1ccc(N(c2ccccc2)c2ccccc2)cc1. The average Bonchev–Trinajstić information content (AvgIpc) is 2.57. The van der Waals surface area contributed by atoms with Gasteiger partial charge in [-0.15, -0.1) is 0 Å². The Hall–Kier alpha value is -2.19. The van der Waals surface area contributed by atoms with Crippen LogP contribution in [-0.4, -0.2) is 0 Å². The third-order valence-electron chi connectivity index (χ3n) is 3.86. The maximum atomic E-state index is 4.66. The molecule has 116 valence electrons. The van der Waals surface area contributed by atoms with E-state index in [9.17, 15) is 0 Å². The van der Waals surface area contributed by atoms with E-state index in [2.05, 4.69) is 104 Å². The van der Waals surface area contributed by atoms with Crippen LogP contribution in [0.1, 0.15) is 19.4 Å². The fourth-order valence-electron chi connectivity index (χ4n) is 2.62. The van der Waals surface area contributed by atoms with Gasteiger partial charge in [-0.2, -0.15) is 12.6 Å². The first kappa shape index (κ1) is 15.7. The molecule has 0 N–H and O–H groups in total. The Balaban J connectivity index is 2.06. The molecule has 0 aliphatic carbocycles. The van der Waals surface area contributed by atoms with Gasteiger partial charge in [0, 0.05) is 21.8 Å². The molecule has 3 aromatic carbocycles. The second kappa shape index (κ2) is 6.51. The van der Waals surface area contributed by atoms with Crippen LogP contribution in [0, 0.1) is 0 Å². The van der Waals surface area contributed by atoms with Gasteiger partial charge < -0.3 is 4.90 Å². The van der Waals surface area contributed by atoms with Gasteiger partial charge in [-0.3, -0.25) is 0 Å². The maximum absolute atomic E-state index is 4.66. The Morgan fingerprint density at radius 2 is 1.00 bits per heavy atom. The quantitative estimate of drug-likeness (QED) is 0.551. The highest BCUT2D eigenvalue weighted by atomic mass is 32.1. The van der Waals surface area contributed by atoms with E-state index in [4.69, 9.17) is 0 Å². The van der Waals surface area contributed by atoms with E-state index in [1.54, 1.807) is 0 Å². The molecule has 3 aromatic rings. The lowest BCUT2D eigenvalue weighted by atomic mass is 10.0. The Kier molecular flexibility index (Phi) is 4.44. The van der Waals surface area contributed by atoms with Gasteiger partial charge in [0.05, 0.1) is 0 Å². The van der Waals surface area contributed by atoms with E-state index < -0.39 is 0 Å².